The summed E-state index contributed by atoms with van der Waals surface area (Å²) in [5.41, 5.74) is 0.0734. The summed E-state index contributed by atoms with van der Waals surface area (Å²) in [6, 6.07) is 6.54. The number of benzene rings is 3. The lowest BCUT2D eigenvalue weighted by Gasteiger charge is -2.22. The van der Waals surface area contributed by atoms with Crippen LogP contribution < -0.4 is 23.7 Å². The van der Waals surface area contributed by atoms with Crippen molar-refractivity contribution >= 4 is 22.7 Å². The molecule has 37 heavy (non-hydrogen) atoms. The molecule has 0 aromatic heterocycles. The highest BCUT2D eigenvalue weighted by Gasteiger charge is 2.34. The van der Waals surface area contributed by atoms with Gasteiger partial charge in [-0.1, -0.05) is 6.07 Å². The van der Waals surface area contributed by atoms with Gasteiger partial charge >= 0.3 is 11.9 Å². The Hall–Kier alpha value is -4.34. The van der Waals surface area contributed by atoms with Gasteiger partial charge in [0, 0.05) is 16.3 Å². The van der Waals surface area contributed by atoms with Gasteiger partial charge in [-0.05, 0) is 37.6 Å². The molecule has 3 aromatic carbocycles. The molecule has 0 amide bonds. The fourth-order valence-corrected chi connectivity index (χ4v) is 4.20. The van der Waals surface area contributed by atoms with Gasteiger partial charge in [-0.25, -0.2) is 9.59 Å². The van der Waals surface area contributed by atoms with Crippen LogP contribution in [0, 0.1) is 0 Å². The number of fused-ring (bicyclic) bond motifs is 1. The first kappa shape index (κ1) is 27.3. The maximum atomic E-state index is 13.2. The number of esters is 2. The van der Waals surface area contributed by atoms with E-state index in [0.717, 1.165) is 7.11 Å². The second-order valence-corrected chi connectivity index (χ2v) is 7.55. The summed E-state index contributed by atoms with van der Waals surface area (Å²) < 4.78 is 38.1. The molecule has 1 N–H and O–H groups in total. The molecule has 0 aliphatic carbocycles. The molecule has 0 fully saturated rings. The molecular weight excluding hydrogens is 484 g/mol. The first-order chi connectivity index (χ1) is 17.8. The number of methoxy groups -OCH3 is 5. The van der Waals surface area contributed by atoms with Crippen LogP contribution in [0.25, 0.3) is 21.9 Å². The Morgan fingerprint density at radius 2 is 1.32 bits per heavy atom. The van der Waals surface area contributed by atoms with Gasteiger partial charge in [-0.2, -0.15) is 0 Å². The topological polar surface area (TPSA) is 119 Å². The van der Waals surface area contributed by atoms with Crippen LogP contribution in [0.5, 0.6) is 34.5 Å². The van der Waals surface area contributed by atoms with E-state index < -0.39 is 17.7 Å². The molecule has 0 aliphatic heterocycles. The van der Waals surface area contributed by atoms with E-state index in [9.17, 15) is 14.7 Å². The van der Waals surface area contributed by atoms with E-state index >= 15 is 0 Å². The van der Waals surface area contributed by atoms with E-state index in [2.05, 4.69) is 0 Å². The lowest BCUT2D eigenvalue weighted by Crippen LogP contribution is -2.15. The zero-order chi connectivity index (χ0) is 27.3. The van der Waals surface area contributed by atoms with Gasteiger partial charge in [0.05, 0.1) is 54.3 Å². The van der Waals surface area contributed by atoms with Crippen LogP contribution in [0.4, 0.5) is 0 Å². The normalized spacial score (nSPS) is 10.6. The lowest BCUT2D eigenvalue weighted by molar-refractivity contribution is 0.0553. The molecule has 0 bridgehead atoms. The van der Waals surface area contributed by atoms with E-state index in [0.29, 0.717) is 30.3 Å². The number of hydrogen-bond donors (Lipinski definition) is 1. The number of hydrogen-bond acceptors (Lipinski definition) is 10. The molecule has 3 rings (SSSR count). The number of phenols is 1. The third-order valence-electron chi connectivity index (χ3n) is 5.68. The number of phenolic OH excluding ortho intramolecular Hbond substituents is 1. The molecule has 198 valence electrons. The van der Waals surface area contributed by atoms with Gasteiger partial charge in [0.2, 0.25) is 5.75 Å². The molecule has 0 heterocycles. The molecule has 0 radical (unpaired) electrons. The number of aromatic hydroxyl groups is 1. The van der Waals surface area contributed by atoms with Gasteiger partial charge in [0.15, 0.2) is 23.0 Å². The Bertz CT molecular complexity index is 1330. The molecule has 0 spiro atoms. The van der Waals surface area contributed by atoms with Gasteiger partial charge < -0.3 is 38.3 Å². The van der Waals surface area contributed by atoms with Crippen molar-refractivity contribution in [2.45, 2.75) is 13.8 Å². The zero-order valence-corrected chi connectivity index (χ0v) is 21.8. The molecule has 0 saturated carbocycles. The van der Waals surface area contributed by atoms with Crippen LogP contribution >= 0.6 is 0 Å². The average Bonchev–Trinajstić information content (AvgIpc) is 2.92. The number of carbonyl (C=O) groups excluding carboxylic acids is 2. The number of ether oxygens (including phenoxy) is 7. The fraction of sp³-hybridized carbons (Fsp3) is 0.333. The van der Waals surface area contributed by atoms with Crippen molar-refractivity contribution in [2.24, 2.45) is 0 Å². The quantitative estimate of drug-likeness (QED) is 0.384. The monoisotopic (exact) mass is 514 g/mol. The van der Waals surface area contributed by atoms with Crippen molar-refractivity contribution < 1.29 is 47.9 Å². The van der Waals surface area contributed by atoms with Gasteiger partial charge in [-0.15, -0.1) is 0 Å². The predicted octanol–water partition coefficient (Wildman–Crippen LogP) is 4.61. The van der Waals surface area contributed by atoms with Crippen LogP contribution in [-0.4, -0.2) is 65.8 Å². The summed E-state index contributed by atoms with van der Waals surface area (Å²) in [4.78, 5) is 26.1. The second-order valence-electron chi connectivity index (χ2n) is 7.55. The molecule has 0 unspecified atom stereocenters. The van der Waals surface area contributed by atoms with E-state index in [1.165, 1.54) is 34.5 Å². The van der Waals surface area contributed by atoms with Crippen LogP contribution in [-0.2, 0) is 9.47 Å². The first-order valence-corrected chi connectivity index (χ1v) is 11.4. The SMILES string of the molecule is CCOc1ccc(-c2c(C(=O)OC)c(C(=O)OC)c(O)c3cc(OC)c(OC)c(OC)c23)cc1OCC. The van der Waals surface area contributed by atoms with Crippen LogP contribution in [0.1, 0.15) is 34.6 Å². The van der Waals surface area contributed by atoms with Crippen LogP contribution in [0.3, 0.4) is 0 Å². The summed E-state index contributed by atoms with van der Waals surface area (Å²) in [5, 5.41) is 11.7. The lowest BCUT2D eigenvalue weighted by atomic mass is 9.87. The third-order valence-corrected chi connectivity index (χ3v) is 5.68. The Kier molecular flexibility index (Phi) is 8.54. The highest BCUT2D eigenvalue weighted by Crippen LogP contribution is 2.52. The molecule has 10 heteroatoms. The van der Waals surface area contributed by atoms with Crippen LogP contribution in [0.15, 0.2) is 24.3 Å². The Morgan fingerprint density at radius 3 is 1.86 bits per heavy atom. The second kappa shape index (κ2) is 11.6. The van der Waals surface area contributed by atoms with Crippen LogP contribution in [0.2, 0.25) is 0 Å². The molecule has 0 aliphatic rings. The van der Waals surface area contributed by atoms with Crippen molar-refractivity contribution in [3.63, 3.8) is 0 Å². The number of carbonyl (C=O) groups is 2. The molecule has 0 atom stereocenters. The van der Waals surface area contributed by atoms with Crippen molar-refractivity contribution in [3.8, 4) is 45.6 Å². The Morgan fingerprint density at radius 1 is 0.730 bits per heavy atom. The van der Waals surface area contributed by atoms with Crippen molar-refractivity contribution in [1.29, 1.82) is 0 Å². The van der Waals surface area contributed by atoms with E-state index in [1.807, 2.05) is 13.8 Å². The largest absolute Gasteiger partial charge is 0.506 e. The van der Waals surface area contributed by atoms with Gasteiger partial charge in [-0.3, -0.25) is 0 Å². The minimum Gasteiger partial charge on any atom is -0.506 e. The minimum absolute atomic E-state index is 0.157. The zero-order valence-electron chi connectivity index (χ0n) is 21.8. The fourth-order valence-electron chi connectivity index (χ4n) is 4.20. The van der Waals surface area contributed by atoms with E-state index in [-0.39, 0.29) is 44.7 Å². The Labute approximate surface area is 214 Å². The summed E-state index contributed by atoms with van der Waals surface area (Å²) in [5.74, 6) is -0.806. The smallest absolute Gasteiger partial charge is 0.342 e. The maximum absolute atomic E-state index is 13.2. The minimum atomic E-state index is -0.939. The van der Waals surface area contributed by atoms with Gasteiger partial charge in [0.1, 0.15) is 11.3 Å². The number of rotatable bonds is 10. The van der Waals surface area contributed by atoms with E-state index in [1.54, 1.807) is 18.2 Å². The van der Waals surface area contributed by atoms with Crippen molar-refractivity contribution in [2.75, 3.05) is 48.8 Å². The first-order valence-electron chi connectivity index (χ1n) is 11.4. The average molecular weight is 515 g/mol. The summed E-state index contributed by atoms with van der Waals surface area (Å²) in [7, 11) is 6.58. The summed E-state index contributed by atoms with van der Waals surface area (Å²) in [6.45, 7) is 4.44. The highest BCUT2D eigenvalue weighted by molar-refractivity contribution is 6.20. The molecular formula is C27H30O10. The summed E-state index contributed by atoms with van der Waals surface area (Å²) >= 11 is 0. The van der Waals surface area contributed by atoms with E-state index in [4.69, 9.17) is 33.2 Å². The predicted molar refractivity (Wildman–Crippen MR) is 136 cm³/mol. The molecule has 10 nitrogen and oxygen atoms in total. The van der Waals surface area contributed by atoms with Crippen molar-refractivity contribution in [1.82, 2.24) is 0 Å². The Balaban J connectivity index is 2.67. The summed E-state index contributed by atoms with van der Waals surface area (Å²) in [6.07, 6.45) is 0. The molecule has 0 saturated heterocycles. The maximum Gasteiger partial charge on any atom is 0.342 e. The van der Waals surface area contributed by atoms with Crippen molar-refractivity contribution in [3.05, 3.63) is 35.4 Å². The van der Waals surface area contributed by atoms with Gasteiger partial charge in [0.25, 0.3) is 0 Å². The highest BCUT2D eigenvalue weighted by atomic mass is 16.5. The standard InChI is InChI=1S/C27H30O10/c1-8-36-16-11-10-14(12-17(16)37-9-2)19-20-15(13-18(31-3)24(32-4)25(20)33-5)23(28)22(27(30)35-7)21(19)26(29)34-6/h10-13,28H,8-9H2,1-7H3. The molecule has 3 aromatic rings. The third kappa shape index (κ3) is 4.74.